The van der Waals surface area contributed by atoms with Crippen molar-refractivity contribution in [2.75, 3.05) is 11.9 Å². The van der Waals surface area contributed by atoms with Crippen molar-refractivity contribution in [3.63, 3.8) is 0 Å². The number of hydrogen-bond donors (Lipinski definition) is 2. The van der Waals surface area contributed by atoms with E-state index in [-0.39, 0.29) is 11.5 Å². The second kappa shape index (κ2) is 6.45. The number of anilines is 1. The summed E-state index contributed by atoms with van der Waals surface area (Å²) in [6.07, 6.45) is 2.63. The Balaban J connectivity index is 1.87. The van der Waals surface area contributed by atoms with Crippen molar-refractivity contribution >= 4 is 29.2 Å². The van der Waals surface area contributed by atoms with Crippen LogP contribution in [0.3, 0.4) is 0 Å². The summed E-state index contributed by atoms with van der Waals surface area (Å²) in [5.74, 6) is -0.241. The van der Waals surface area contributed by atoms with Gasteiger partial charge in [-0.1, -0.05) is 17.7 Å². The molecule has 0 aliphatic heterocycles. The van der Waals surface area contributed by atoms with Gasteiger partial charge in [-0.05, 0) is 31.0 Å². The summed E-state index contributed by atoms with van der Waals surface area (Å²) >= 11 is 6.41. The van der Waals surface area contributed by atoms with Crippen LogP contribution in [0.25, 0.3) is 11.3 Å². The highest BCUT2D eigenvalue weighted by atomic mass is 35.5. The number of halogens is 1. The van der Waals surface area contributed by atoms with Crippen molar-refractivity contribution in [1.29, 1.82) is 5.41 Å². The van der Waals surface area contributed by atoms with E-state index in [0.717, 1.165) is 11.3 Å². The number of nitrogens with one attached hydrogen (secondary N) is 2. The van der Waals surface area contributed by atoms with Gasteiger partial charge in [0.05, 0.1) is 21.2 Å². The second-order valence-electron chi connectivity index (χ2n) is 5.63. The molecule has 0 spiro atoms. The van der Waals surface area contributed by atoms with E-state index < -0.39 is 6.09 Å². The Labute approximate surface area is 143 Å². The molecule has 1 aromatic carbocycles. The third-order valence-corrected chi connectivity index (χ3v) is 4.18. The Kier molecular flexibility index (Phi) is 4.35. The molecule has 4 N–H and O–H groups in total. The summed E-state index contributed by atoms with van der Waals surface area (Å²) in [6.45, 7) is 0. The molecule has 24 heavy (non-hydrogen) atoms. The average Bonchev–Trinajstić information content (AvgIpc) is 3.38. The van der Waals surface area contributed by atoms with Crippen LogP contribution < -0.4 is 10.2 Å². The summed E-state index contributed by atoms with van der Waals surface area (Å²) in [7, 11) is 2.03. The monoisotopic (exact) mass is 346 g/mol. The molecule has 0 unspecified atom stereocenters. The quantitative estimate of drug-likeness (QED) is 0.502. The van der Waals surface area contributed by atoms with Crippen LogP contribution in [0, 0.1) is 5.41 Å². The fourth-order valence-corrected chi connectivity index (χ4v) is 2.75. The Bertz CT molecular complexity index is 807. The summed E-state index contributed by atoms with van der Waals surface area (Å²) in [4.78, 5) is 21.1. The molecule has 7 nitrogen and oxygen atoms in total. The first-order valence-electron chi connectivity index (χ1n) is 7.42. The SMILES string of the molecule is CN(c1ccc(-c2cc(C(=N)NC(=O)[OH2+])ncn2)cc1Cl)C1CC1. The average molecular weight is 347 g/mol. The van der Waals surface area contributed by atoms with E-state index in [1.54, 1.807) is 6.07 Å². The number of amidine groups is 1. The summed E-state index contributed by atoms with van der Waals surface area (Å²) in [5.41, 5.74) is 2.59. The fourth-order valence-electron chi connectivity index (χ4n) is 2.44. The van der Waals surface area contributed by atoms with Gasteiger partial charge in [-0.15, -0.1) is 0 Å². The molecule has 124 valence electrons. The van der Waals surface area contributed by atoms with Gasteiger partial charge < -0.3 is 10.0 Å². The molecular weight excluding hydrogens is 330 g/mol. The van der Waals surface area contributed by atoms with E-state index in [1.807, 2.05) is 25.2 Å². The number of amides is 1. The van der Waals surface area contributed by atoms with Gasteiger partial charge in [-0.2, -0.15) is 0 Å². The van der Waals surface area contributed by atoms with Gasteiger partial charge in [0.25, 0.3) is 0 Å². The molecule has 1 saturated carbocycles. The molecule has 3 rings (SSSR count). The first-order valence-corrected chi connectivity index (χ1v) is 7.80. The standard InChI is InChI=1S/C16H16ClN5O2/c1-22(10-3-4-10)14-5-2-9(6-11(14)17)12-7-13(20-8-19-12)15(18)21-16(23)24/h2,5-8,10H,3-4H2,1H3,(H2,18,21)(H,23,24)/p+1. The van der Waals surface area contributed by atoms with Crippen LogP contribution in [0.2, 0.25) is 5.02 Å². The fraction of sp³-hybridized carbons (Fsp3) is 0.250. The van der Waals surface area contributed by atoms with Crippen LogP contribution in [0.5, 0.6) is 0 Å². The molecule has 1 aliphatic rings. The van der Waals surface area contributed by atoms with Crippen molar-refractivity contribution in [3.05, 3.63) is 41.3 Å². The van der Waals surface area contributed by atoms with Gasteiger partial charge in [-0.3, -0.25) is 5.41 Å². The minimum absolute atomic E-state index is 0.232. The maximum absolute atomic E-state index is 10.7. The predicted molar refractivity (Wildman–Crippen MR) is 92.9 cm³/mol. The van der Waals surface area contributed by atoms with Crippen molar-refractivity contribution in [2.45, 2.75) is 18.9 Å². The molecule has 0 radical (unpaired) electrons. The molecule has 0 saturated heterocycles. The van der Waals surface area contributed by atoms with Crippen LogP contribution >= 0.6 is 11.6 Å². The zero-order valence-electron chi connectivity index (χ0n) is 13.0. The highest BCUT2D eigenvalue weighted by Crippen LogP contribution is 2.36. The molecule has 0 bridgehead atoms. The minimum Gasteiger partial charge on any atom is -0.547 e. The zero-order chi connectivity index (χ0) is 17.3. The Morgan fingerprint density at radius 3 is 2.75 bits per heavy atom. The second-order valence-corrected chi connectivity index (χ2v) is 6.03. The van der Waals surface area contributed by atoms with Crippen molar-refractivity contribution < 1.29 is 9.90 Å². The van der Waals surface area contributed by atoms with E-state index in [4.69, 9.17) is 22.1 Å². The minimum atomic E-state index is -1.06. The summed E-state index contributed by atoms with van der Waals surface area (Å²) in [6, 6.07) is 7.84. The van der Waals surface area contributed by atoms with Gasteiger partial charge in [-0.25, -0.2) is 15.3 Å². The van der Waals surface area contributed by atoms with Crippen molar-refractivity contribution in [1.82, 2.24) is 15.3 Å². The molecule has 1 amide bonds. The smallest absolute Gasteiger partial charge is 0.547 e. The van der Waals surface area contributed by atoms with E-state index in [9.17, 15) is 4.79 Å². The first-order chi connectivity index (χ1) is 11.5. The highest BCUT2D eigenvalue weighted by molar-refractivity contribution is 6.33. The lowest BCUT2D eigenvalue weighted by molar-refractivity contribution is 0.200. The number of hydrogen-bond acceptors (Lipinski definition) is 5. The van der Waals surface area contributed by atoms with E-state index in [2.05, 4.69) is 20.2 Å². The van der Waals surface area contributed by atoms with Crippen molar-refractivity contribution in [2.24, 2.45) is 0 Å². The third-order valence-electron chi connectivity index (χ3n) is 3.88. The van der Waals surface area contributed by atoms with Gasteiger partial charge in [0.15, 0.2) is 5.84 Å². The lowest BCUT2D eigenvalue weighted by Gasteiger charge is -2.20. The maximum Gasteiger partial charge on any atom is 0.632 e. The van der Waals surface area contributed by atoms with E-state index in [0.29, 0.717) is 16.8 Å². The summed E-state index contributed by atoms with van der Waals surface area (Å²) in [5, 5.41) is 17.3. The molecule has 0 atom stereocenters. The first kappa shape index (κ1) is 16.2. The van der Waals surface area contributed by atoms with E-state index >= 15 is 0 Å². The zero-order valence-corrected chi connectivity index (χ0v) is 13.8. The van der Waals surface area contributed by atoms with Crippen LogP contribution in [-0.4, -0.2) is 40.1 Å². The third kappa shape index (κ3) is 3.46. The van der Waals surface area contributed by atoms with Gasteiger partial charge >= 0.3 is 6.09 Å². The number of benzene rings is 1. The van der Waals surface area contributed by atoms with Crippen LogP contribution in [-0.2, 0) is 0 Å². The molecule has 1 aliphatic carbocycles. The summed E-state index contributed by atoms with van der Waals surface area (Å²) < 4.78 is 0. The number of aromatic nitrogens is 2. The Morgan fingerprint density at radius 2 is 2.12 bits per heavy atom. The topological polar surface area (TPSA) is 105 Å². The van der Waals surface area contributed by atoms with Crippen LogP contribution in [0.4, 0.5) is 10.5 Å². The number of rotatable bonds is 4. The molecular formula is C16H17ClN5O2+. The normalized spacial score (nSPS) is 13.4. The maximum atomic E-state index is 10.7. The molecule has 1 aromatic heterocycles. The van der Waals surface area contributed by atoms with Gasteiger partial charge in [0, 0.05) is 18.7 Å². The largest absolute Gasteiger partial charge is 0.632 e. The van der Waals surface area contributed by atoms with Gasteiger partial charge in [0.2, 0.25) is 0 Å². The lowest BCUT2D eigenvalue weighted by atomic mass is 10.1. The molecule has 2 aromatic rings. The predicted octanol–water partition coefficient (Wildman–Crippen LogP) is 2.16. The number of carbonyl (C=O) groups excluding carboxylic acids is 1. The highest BCUT2D eigenvalue weighted by Gasteiger charge is 2.27. The van der Waals surface area contributed by atoms with Gasteiger partial charge in [0.1, 0.15) is 12.0 Å². The molecule has 1 fully saturated rings. The molecule has 1 heterocycles. The van der Waals surface area contributed by atoms with Crippen LogP contribution in [0.15, 0.2) is 30.6 Å². The van der Waals surface area contributed by atoms with E-state index in [1.165, 1.54) is 19.2 Å². The van der Waals surface area contributed by atoms with Crippen molar-refractivity contribution in [3.8, 4) is 11.3 Å². The Hall–Kier alpha value is -2.67. The lowest BCUT2D eigenvalue weighted by Crippen LogP contribution is -2.29. The number of nitrogens with zero attached hydrogens (tertiary/aromatic N) is 3. The Morgan fingerprint density at radius 1 is 1.38 bits per heavy atom. The number of carbonyl (C=O) groups is 1. The molecule has 8 heteroatoms. The van der Waals surface area contributed by atoms with Crippen LogP contribution in [0.1, 0.15) is 18.5 Å².